The van der Waals surface area contributed by atoms with Crippen LogP contribution in [0.3, 0.4) is 0 Å². The number of aryl methyl sites for hydroxylation is 1. The Labute approximate surface area is 100 Å². The van der Waals surface area contributed by atoms with Crippen molar-refractivity contribution < 1.29 is 4.79 Å². The molecule has 0 fully saturated rings. The van der Waals surface area contributed by atoms with E-state index in [9.17, 15) is 4.79 Å². The number of hydrogen-bond acceptors (Lipinski definition) is 2. The molecule has 17 heavy (non-hydrogen) atoms. The zero-order chi connectivity index (χ0) is 12.3. The van der Waals surface area contributed by atoms with Gasteiger partial charge in [-0.25, -0.2) is 4.98 Å². The van der Waals surface area contributed by atoms with Crippen molar-refractivity contribution in [2.24, 2.45) is 0 Å². The number of carbonyl (C=O) groups excluding carboxylic acids is 1. The summed E-state index contributed by atoms with van der Waals surface area (Å²) in [6, 6.07) is 7.59. The molecule has 4 heteroatoms. The molecule has 0 unspecified atom stereocenters. The lowest BCUT2D eigenvalue weighted by molar-refractivity contribution is 0.0963. The van der Waals surface area contributed by atoms with E-state index in [2.05, 4.69) is 14.9 Å². The van der Waals surface area contributed by atoms with E-state index in [1.54, 1.807) is 13.2 Å². The molecule has 2 aromatic rings. The van der Waals surface area contributed by atoms with E-state index in [0.717, 1.165) is 17.9 Å². The molecule has 0 spiro atoms. The highest BCUT2D eigenvalue weighted by molar-refractivity contribution is 5.93. The predicted molar refractivity (Wildman–Crippen MR) is 65.9 cm³/mol. The molecule has 0 radical (unpaired) electrons. The molecule has 0 saturated carbocycles. The number of rotatable bonds is 3. The molecule has 1 aromatic carbocycles. The first-order chi connectivity index (χ1) is 8.20. The Morgan fingerprint density at radius 2 is 2.06 bits per heavy atom. The van der Waals surface area contributed by atoms with Crippen LogP contribution in [0, 0.1) is 6.92 Å². The van der Waals surface area contributed by atoms with Crippen LogP contribution in [0.2, 0.25) is 0 Å². The van der Waals surface area contributed by atoms with Crippen LogP contribution >= 0.6 is 0 Å². The molecule has 0 saturated heterocycles. The second kappa shape index (κ2) is 4.82. The molecule has 1 amide bonds. The van der Waals surface area contributed by atoms with Gasteiger partial charge in [-0.15, -0.1) is 0 Å². The Hall–Kier alpha value is -2.10. The lowest BCUT2D eigenvalue weighted by Gasteiger charge is -2.06. The van der Waals surface area contributed by atoms with Crippen molar-refractivity contribution in [3.05, 3.63) is 53.6 Å². The normalized spacial score (nSPS) is 10.2. The fourth-order valence-electron chi connectivity index (χ4n) is 1.67. The van der Waals surface area contributed by atoms with Gasteiger partial charge in [0.2, 0.25) is 0 Å². The quantitative estimate of drug-likeness (QED) is 0.869. The van der Waals surface area contributed by atoms with E-state index in [0.29, 0.717) is 5.56 Å². The van der Waals surface area contributed by atoms with E-state index < -0.39 is 0 Å². The maximum atomic E-state index is 11.4. The van der Waals surface area contributed by atoms with Gasteiger partial charge in [0.15, 0.2) is 0 Å². The Morgan fingerprint density at radius 3 is 2.59 bits per heavy atom. The molecule has 0 atom stereocenters. The number of aromatic nitrogens is 2. The summed E-state index contributed by atoms with van der Waals surface area (Å²) in [5, 5.41) is 2.60. The third-order valence-corrected chi connectivity index (χ3v) is 2.72. The van der Waals surface area contributed by atoms with E-state index in [1.165, 1.54) is 0 Å². The van der Waals surface area contributed by atoms with E-state index >= 15 is 0 Å². The summed E-state index contributed by atoms with van der Waals surface area (Å²) in [4.78, 5) is 15.5. The molecule has 0 aliphatic rings. The number of imidazole rings is 1. The SMILES string of the molecule is CNC(=O)c1ccc(Cn2ccnc2C)cc1. The minimum atomic E-state index is -0.0599. The van der Waals surface area contributed by atoms with Gasteiger partial charge in [-0.3, -0.25) is 4.79 Å². The van der Waals surface area contributed by atoms with Gasteiger partial charge in [0.25, 0.3) is 5.91 Å². The van der Waals surface area contributed by atoms with Crippen molar-refractivity contribution in [2.45, 2.75) is 13.5 Å². The Balaban J connectivity index is 2.14. The van der Waals surface area contributed by atoms with Gasteiger partial charge < -0.3 is 9.88 Å². The Kier molecular flexibility index (Phi) is 3.23. The third kappa shape index (κ3) is 2.53. The Bertz CT molecular complexity index is 514. The van der Waals surface area contributed by atoms with Crippen LogP contribution in [-0.4, -0.2) is 22.5 Å². The zero-order valence-electron chi connectivity index (χ0n) is 9.97. The summed E-state index contributed by atoms with van der Waals surface area (Å²) < 4.78 is 2.06. The summed E-state index contributed by atoms with van der Waals surface area (Å²) in [6.07, 6.45) is 3.73. The molecule has 1 N–H and O–H groups in total. The van der Waals surface area contributed by atoms with Crippen LogP contribution in [0.1, 0.15) is 21.7 Å². The van der Waals surface area contributed by atoms with Crippen molar-refractivity contribution in [2.75, 3.05) is 7.05 Å². The second-order valence-corrected chi connectivity index (χ2v) is 3.88. The first-order valence-electron chi connectivity index (χ1n) is 5.49. The molecule has 0 bridgehead atoms. The largest absolute Gasteiger partial charge is 0.355 e. The highest BCUT2D eigenvalue weighted by atomic mass is 16.1. The standard InChI is InChI=1S/C13H15N3O/c1-10-15-7-8-16(10)9-11-3-5-12(6-4-11)13(17)14-2/h3-8H,9H2,1-2H3,(H,14,17). The van der Waals surface area contributed by atoms with Crippen LogP contribution in [-0.2, 0) is 6.54 Å². The van der Waals surface area contributed by atoms with E-state index in [4.69, 9.17) is 0 Å². The van der Waals surface area contributed by atoms with Crippen LogP contribution < -0.4 is 5.32 Å². The lowest BCUT2D eigenvalue weighted by atomic mass is 10.1. The molecule has 88 valence electrons. The Morgan fingerprint density at radius 1 is 1.35 bits per heavy atom. The van der Waals surface area contributed by atoms with Gasteiger partial charge in [0.1, 0.15) is 5.82 Å². The van der Waals surface area contributed by atoms with Crippen molar-refractivity contribution in [1.29, 1.82) is 0 Å². The number of amides is 1. The molecular weight excluding hydrogens is 214 g/mol. The maximum Gasteiger partial charge on any atom is 0.251 e. The molecule has 0 aliphatic heterocycles. The van der Waals surface area contributed by atoms with Crippen molar-refractivity contribution >= 4 is 5.91 Å². The van der Waals surface area contributed by atoms with Gasteiger partial charge in [-0.05, 0) is 24.6 Å². The van der Waals surface area contributed by atoms with Gasteiger partial charge in [0.05, 0.1) is 0 Å². The molecule has 4 nitrogen and oxygen atoms in total. The monoisotopic (exact) mass is 229 g/mol. The van der Waals surface area contributed by atoms with E-state index in [-0.39, 0.29) is 5.91 Å². The third-order valence-electron chi connectivity index (χ3n) is 2.72. The van der Waals surface area contributed by atoms with Crippen LogP contribution in [0.25, 0.3) is 0 Å². The highest BCUT2D eigenvalue weighted by Crippen LogP contribution is 2.07. The van der Waals surface area contributed by atoms with E-state index in [1.807, 2.05) is 37.4 Å². The van der Waals surface area contributed by atoms with Crippen LogP contribution in [0.5, 0.6) is 0 Å². The fourth-order valence-corrected chi connectivity index (χ4v) is 1.67. The van der Waals surface area contributed by atoms with Crippen molar-refractivity contribution in [1.82, 2.24) is 14.9 Å². The number of carbonyl (C=O) groups is 1. The minimum Gasteiger partial charge on any atom is -0.355 e. The van der Waals surface area contributed by atoms with Crippen LogP contribution in [0.4, 0.5) is 0 Å². The van der Waals surface area contributed by atoms with Crippen molar-refractivity contribution in [3.8, 4) is 0 Å². The second-order valence-electron chi connectivity index (χ2n) is 3.88. The van der Waals surface area contributed by atoms with Gasteiger partial charge in [0, 0.05) is 31.5 Å². The van der Waals surface area contributed by atoms with Gasteiger partial charge in [-0.1, -0.05) is 12.1 Å². The van der Waals surface area contributed by atoms with Gasteiger partial charge in [-0.2, -0.15) is 0 Å². The summed E-state index contributed by atoms with van der Waals surface area (Å²) in [5.41, 5.74) is 1.83. The summed E-state index contributed by atoms with van der Waals surface area (Å²) in [7, 11) is 1.63. The first kappa shape index (κ1) is 11.4. The average Bonchev–Trinajstić information content (AvgIpc) is 2.75. The molecule has 2 rings (SSSR count). The minimum absolute atomic E-state index is 0.0599. The zero-order valence-corrected chi connectivity index (χ0v) is 9.97. The number of hydrogen-bond donors (Lipinski definition) is 1. The number of nitrogens with one attached hydrogen (secondary N) is 1. The lowest BCUT2D eigenvalue weighted by Crippen LogP contribution is -2.17. The smallest absolute Gasteiger partial charge is 0.251 e. The van der Waals surface area contributed by atoms with Gasteiger partial charge >= 0.3 is 0 Å². The first-order valence-corrected chi connectivity index (χ1v) is 5.49. The topological polar surface area (TPSA) is 46.9 Å². The highest BCUT2D eigenvalue weighted by Gasteiger charge is 2.03. The molecular formula is C13H15N3O. The number of benzene rings is 1. The molecule has 0 aliphatic carbocycles. The summed E-state index contributed by atoms with van der Waals surface area (Å²) in [5.74, 6) is 0.927. The van der Waals surface area contributed by atoms with Crippen molar-refractivity contribution in [3.63, 3.8) is 0 Å². The fraction of sp³-hybridized carbons (Fsp3) is 0.231. The summed E-state index contributed by atoms with van der Waals surface area (Å²) >= 11 is 0. The number of nitrogens with zero attached hydrogens (tertiary/aromatic N) is 2. The average molecular weight is 229 g/mol. The molecule has 1 heterocycles. The summed E-state index contributed by atoms with van der Waals surface area (Å²) in [6.45, 7) is 2.75. The maximum absolute atomic E-state index is 11.4. The predicted octanol–water partition coefficient (Wildman–Crippen LogP) is 1.60. The molecule has 1 aromatic heterocycles. The van der Waals surface area contributed by atoms with Crippen LogP contribution in [0.15, 0.2) is 36.7 Å².